The molecule has 0 aliphatic heterocycles. The van der Waals surface area contributed by atoms with Crippen molar-refractivity contribution in [3.05, 3.63) is 29.3 Å². The Balaban J connectivity index is 2.33. The fraction of sp³-hybridized carbons (Fsp3) is 0.400. The summed E-state index contributed by atoms with van der Waals surface area (Å²) in [5, 5.41) is 0. The molecule has 5 nitrogen and oxygen atoms in total. The smallest absolute Gasteiger partial charge is 0.305 e. The van der Waals surface area contributed by atoms with Crippen molar-refractivity contribution in [1.29, 1.82) is 0 Å². The summed E-state index contributed by atoms with van der Waals surface area (Å²) < 4.78 is 10.0. The van der Waals surface area contributed by atoms with Crippen molar-refractivity contribution in [2.75, 3.05) is 13.7 Å². The number of hydrogen-bond acceptors (Lipinski definition) is 5. The molecule has 0 heterocycles. The number of carbonyl (C=O) groups is 3. The molecule has 0 N–H and O–H groups in total. The quantitative estimate of drug-likeness (QED) is 0.394. The Bertz CT molecular complexity index is 467. The Hall–Kier alpha value is -2.17. The maximum atomic E-state index is 10.9. The van der Waals surface area contributed by atoms with E-state index in [-0.39, 0.29) is 5.97 Å². The minimum Gasteiger partial charge on any atom is -0.493 e. The molecule has 0 aliphatic rings. The first-order valence-corrected chi connectivity index (χ1v) is 6.45. The van der Waals surface area contributed by atoms with Gasteiger partial charge in [0.1, 0.15) is 12.0 Å². The molecular formula is C15H18O5. The lowest BCUT2D eigenvalue weighted by atomic mass is 10.1. The first kappa shape index (κ1) is 15.9. The van der Waals surface area contributed by atoms with Crippen LogP contribution in [0.15, 0.2) is 18.2 Å². The van der Waals surface area contributed by atoms with Crippen LogP contribution in [0.25, 0.3) is 0 Å². The molecule has 108 valence electrons. The second-order valence-electron chi connectivity index (χ2n) is 4.27. The highest BCUT2D eigenvalue weighted by Gasteiger charge is 2.04. The van der Waals surface area contributed by atoms with Crippen molar-refractivity contribution < 1.29 is 23.9 Å². The highest BCUT2D eigenvalue weighted by atomic mass is 16.5. The molecule has 5 heteroatoms. The first-order valence-electron chi connectivity index (χ1n) is 6.45. The third-order valence-corrected chi connectivity index (χ3v) is 2.81. The van der Waals surface area contributed by atoms with Gasteiger partial charge in [-0.1, -0.05) is 0 Å². The third kappa shape index (κ3) is 5.22. The summed E-state index contributed by atoms with van der Waals surface area (Å²) in [6.45, 7) is 0.461. The predicted octanol–water partition coefficient (Wildman–Crippen LogP) is 2.42. The van der Waals surface area contributed by atoms with E-state index in [2.05, 4.69) is 4.74 Å². The molecule has 0 saturated carbocycles. The molecule has 0 aliphatic carbocycles. The standard InChI is InChI=1S/C15H18O5/c1-19-15(18)5-3-2-4-8-20-14-7-6-12(10-16)9-13(14)11-17/h6-7,9-11H,2-5,8H2,1H3. The molecule has 1 rings (SSSR count). The Kier molecular flexibility index (Phi) is 7.03. The van der Waals surface area contributed by atoms with Gasteiger partial charge >= 0.3 is 5.97 Å². The summed E-state index contributed by atoms with van der Waals surface area (Å²) >= 11 is 0. The maximum absolute atomic E-state index is 10.9. The fourth-order valence-corrected chi connectivity index (χ4v) is 1.70. The summed E-state index contributed by atoms with van der Waals surface area (Å²) in [6.07, 6.45) is 4.14. The van der Waals surface area contributed by atoms with Gasteiger partial charge in [-0.05, 0) is 37.5 Å². The lowest BCUT2D eigenvalue weighted by Gasteiger charge is -2.08. The molecule has 0 unspecified atom stereocenters. The molecule has 0 spiro atoms. The van der Waals surface area contributed by atoms with Crippen molar-refractivity contribution in [2.24, 2.45) is 0 Å². The zero-order valence-corrected chi connectivity index (χ0v) is 11.5. The average Bonchev–Trinajstić information content (AvgIpc) is 2.50. The minimum absolute atomic E-state index is 0.210. The second kappa shape index (κ2) is 8.85. The lowest BCUT2D eigenvalue weighted by molar-refractivity contribution is -0.140. The summed E-state index contributed by atoms with van der Waals surface area (Å²) in [6, 6.07) is 4.71. The molecule has 0 amide bonds. The molecule has 0 radical (unpaired) electrons. The number of carbonyl (C=O) groups excluding carboxylic acids is 3. The molecule has 0 bridgehead atoms. The lowest BCUT2D eigenvalue weighted by Crippen LogP contribution is -2.02. The summed E-state index contributed by atoms with van der Waals surface area (Å²) in [5.41, 5.74) is 0.807. The number of hydrogen-bond donors (Lipinski definition) is 0. The van der Waals surface area contributed by atoms with E-state index < -0.39 is 0 Å². The van der Waals surface area contributed by atoms with Crippen LogP contribution in [0, 0.1) is 0 Å². The maximum Gasteiger partial charge on any atom is 0.305 e. The topological polar surface area (TPSA) is 69.7 Å². The SMILES string of the molecule is COC(=O)CCCCCOc1ccc(C=O)cc1C=O. The molecule has 0 saturated heterocycles. The third-order valence-electron chi connectivity index (χ3n) is 2.81. The van der Waals surface area contributed by atoms with Gasteiger partial charge < -0.3 is 9.47 Å². The van der Waals surface area contributed by atoms with Crippen molar-refractivity contribution in [3.63, 3.8) is 0 Å². The molecule has 0 atom stereocenters. The normalized spacial score (nSPS) is 9.85. The van der Waals surface area contributed by atoms with Crippen LogP contribution in [0.2, 0.25) is 0 Å². The van der Waals surface area contributed by atoms with Gasteiger partial charge in [-0.25, -0.2) is 0 Å². The van der Waals surface area contributed by atoms with Gasteiger partial charge in [-0.15, -0.1) is 0 Å². The minimum atomic E-state index is -0.210. The fourth-order valence-electron chi connectivity index (χ4n) is 1.70. The molecule has 20 heavy (non-hydrogen) atoms. The number of rotatable bonds is 9. The Morgan fingerprint density at radius 3 is 2.60 bits per heavy atom. The van der Waals surface area contributed by atoms with Crippen molar-refractivity contribution in [3.8, 4) is 5.75 Å². The van der Waals surface area contributed by atoms with Gasteiger partial charge in [0.15, 0.2) is 6.29 Å². The van der Waals surface area contributed by atoms with Gasteiger partial charge in [0.2, 0.25) is 0 Å². The van der Waals surface area contributed by atoms with Crippen molar-refractivity contribution in [2.45, 2.75) is 25.7 Å². The molecule has 1 aromatic carbocycles. The van der Waals surface area contributed by atoms with Gasteiger partial charge in [-0.3, -0.25) is 14.4 Å². The van der Waals surface area contributed by atoms with Crippen LogP contribution < -0.4 is 4.74 Å². The average molecular weight is 278 g/mol. The van der Waals surface area contributed by atoms with Crippen LogP contribution in [0.3, 0.4) is 0 Å². The Labute approximate surface area is 117 Å². The van der Waals surface area contributed by atoms with Crippen LogP contribution in [0.4, 0.5) is 0 Å². The van der Waals surface area contributed by atoms with E-state index >= 15 is 0 Å². The van der Waals surface area contributed by atoms with Gasteiger partial charge in [0.05, 0.1) is 19.3 Å². The van der Waals surface area contributed by atoms with E-state index in [0.29, 0.717) is 42.5 Å². The van der Waals surface area contributed by atoms with E-state index in [1.54, 1.807) is 12.1 Å². The Morgan fingerprint density at radius 2 is 1.95 bits per heavy atom. The van der Waals surface area contributed by atoms with Gasteiger partial charge in [0.25, 0.3) is 0 Å². The second-order valence-corrected chi connectivity index (χ2v) is 4.27. The number of aldehydes is 2. The number of unbranched alkanes of at least 4 members (excludes halogenated alkanes) is 2. The monoisotopic (exact) mass is 278 g/mol. The number of ether oxygens (including phenoxy) is 2. The van der Waals surface area contributed by atoms with Crippen molar-refractivity contribution >= 4 is 18.5 Å². The zero-order chi connectivity index (χ0) is 14.8. The van der Waals surface area contributed by atoms with E-state index in [1.807, 2.05) is 0 Å². The Morgan fingerprint density at radius 1 is 1.15 bits per heavy atom. The van der Waals surface area contributed by atoms with E-state index in [0.717, 1.165) is 19.3 Å². The largest absolute Gasteiger partial charge is 0.493 e. The van der Waals surface area contributed by atoms with E-state index in [1.165, 1.54) is 13.2 Å². The van der Waals surface area contributed by atoms with Crippen molar-refractivity contribution in [1.82, 2.24) is 0 Å². The number of methoxy groups -OCH3 is 1. The summed E-state index contributed by atoms with van der Waals surface area (Å²) in [7, 11) is 1.37. The zero-order valence-electron chi connectivity index (χ0n) is 11.5. The van der Waals surface area contributed by atoms with Gasteiger partial charge in [-0.2, -0.15) is 0 Å². The van der Waals surface area contributed by atoms with Crippen LogP contribution in [-0.4, -0.2) is 32.3 Å². The van der Waals surface area contributed by atoms with Gasteiger partial charge in [0, 0.05) is 12.0 Å². The van der Waals surface area contributed by atoms with Crippen LogP contribution in [0.1, 0.15) is 46.4 Å². The van der Waals surface area contributed by atoms with Crippen LogP contribution >= 0.6 is 0 Å². The first-order chi connectivity index (χ1) is 9.71. The number of benzene rings is 1. The van der Waals surface area contributed by atoms with E-state index in [4.69, 9.17) is 4.74 Å². The highest BCUT2D eigenvalue weighted by molar-refractivity contribution is 5.84. The highest BCUT2D eigenvalue weighted by Crippen LogP contribution is 2.18. The summed E-state index contributed by atoms with van der Waals surface area (Å²) in [5.74, 6) is 0.261. The van der Waals surface area contributed by atoms with E-state index in [9.17, 15) is 14.4 Å². The molecule has 0 aromatic heterocycles. The molecule has 1 aromatic rings. The molecular weight excluding hydrogens is 260 g/mol. The van der Waals surface area contributed by atoms with Crippen LogP contribution in [0.5, 0.6) is 5.75 Å². The number of esters is 1. The summed E-state index contributed by atoms with van der Waals surface area (Å²) in [4.78, 5) is 32.4. The van der Waals surface area contributed by atoms with Crippen LogP contribution in [-0.2, 0) is 9.53 Å². The predicted molar refractivity (Wildman–Crippen MR) is 73.2 cm³/mol. The molecule has 0 fully saturated rings.